The molecule has 0 amide bonds. The molecule has 0 saturated carbocycles. The Bertz CT molecular complexity index is 1150. The van der Waals surface area contributed by atoms with Crippen molar-refractivity contribution in [2.45, 2.75) is 45.1 Å². The summed E-state index contributed by atoms with van der Waals surface area (Å²) in [5.41, 5.74) is 4.02. The van der Waals surface area contributed by atoms with Crippen LogP contribution in [-0.4, -0.2) is 33.9 Å². The number of hydrogen-bond acceptors (Lipinski definition) is 5. The van der Waals surface area contributed by atoms with Gasteiger partial charge in [-0.1, -0.05) is 91.0 Å². The lowest BCUT2D eigenvalue weighted by atomic mass is 10.1. The number of aliphatic hydroxyl groups is 1. The molecule has 4 rings (SSSR count). The Labute approximate surface area is 225 Å². The Morgan fingerprint density at radius 2 is 1.22 bits per heavy atom. The summed E-state index contributed by atoms with van der Waals surface area (Å²) in [5, 5.41) is 10.4. The van der Waals surface area contributed by atoms with E-state index in [1.165, 1.54) is 0 Å². The van der Waals surface area contributed by atoms with Gasteiger partial charge in [0.1, 0.15) is 27.8 Å². The molecule has 1 heterocycles. The van der Waals surface area contributed by atoms with Crippen LogP contribution in [0.25, 0.3) is 0 Å². The fraction of sp³-hybridized carbons (Fsp3) is 0.276. The maximum atomic E-state index is 10.4. The second kappa shape index (κ2) is 13.7. The molecule has 0 saturated heterocycles. The summed E-state index contributed by atoms with van der Waals surface area (Å²) >= 11 is 2.20. The van der Waals surface area contributed by atoms with E-state index in [2.05, 4.69) is 27.6 Å². The number of aryl methyl sites for hydroxylation is 1. The van der Waals surface area contributed by atoms with Gasteiger partial charge in [0, 0.05) is 5.69 Å². The minimum atomic E-state index is -0.641. The van der Waals surface area contributed by atoms with E-state index >= 15 is 0 Å². The lowest BCUT2D eigenvalue weighted by Crippen LogP contribution is -2.40. The predicted molar refractivity (Wildman–Crippen MR) is 147 cm³/mol. The van der Waals surface area contributed by atoms with Crippen LogP contribution in [0.5, 0.6) is 0 Å². The number of H-pyrrole nitrogens is 1. The number of aliphatic hydroxyl groups excluding tert-OH is 1. The van der Waals surface area contributed by atoms with Crippen molar-refractivity contribution in [3.63, 3.8) is 0 Å². The topological polar surface area (TPSA) is 76.6 Å². The first-order valence-corrected chi connectivity index (χ1v) is 13.0. The predicted octanol–water partition coefficient (Wildman–Crippen LogP) is 5.74. The third kappa shape index (κ3) is 7.47. The second-order valence-corrected chi connectivity index (χ2v) is 9.56. The van der Waals surface area contributed by atoms with E-state index in [0.717, 1.165) is 26.1 Å². The Morgan fingerprint density at radius 1 is 0.750 bits per heavy atom. The van der Waals surface area contributed by atoms with Crippen molar-refractivity contribution in [1.82, 2.24) is 9.97 Å². The Balaban J connectivity index is 1.62. The molecule has 0 aliphatic carbocycles. The maximum absolute atomic E-state index is 10.4. The Hall–Kier alpha value is -2.56. The quantitative estimate of drug-likeness (QED) is 0.192. The summed E-state index contributed by atoms with van der Waals surface area (Å²) in [4.78, 5) is 8.07. The zero-order valence-electron chi connectivity index (χ0n) is 20.2. The van der Waals surface area contributed by atoms with E-state index in [1.807, 2.05) is 97.9 Å². The van der Waals surface area contributed by atoms with Gasteiger partial charge in [-0.05, 0) is 46.2 Å². The molecule has 0 bridgehead atoms. The van der Waals surface area contributed by atoms with Crippen LogP contribution in [0.3, 0.4) is 0 Å². The SMILES string of the molecule is Cc1[nH]c([C@H](OCc2ccccc2)[C@@H](OCc2ccccc2)[C@H](CO)OCc2ccccc2)nc1I. The highest BCUT2D eigenvalue weighted by atomic mass is 127. The fourth-order valence-corrected chi connectivity index (χ4v) is 4.27. The van der Waals surface area contributed by atoms with E-state index in [9.17, 15) is 5.11 Å². The molecule has 1 aromatic heterocycles. The van der Waals surface area contributed by atoms with Crippen LogP contribution < -0.4 is 0 Å². The van der Waals surface area contributed by atoms with Crippen LogP contribution in [-0.2, 0) is 34.0 Å². The number of nitrogens with zero attached hydrogens (tertiary/aromatic N) is 1. The highest BCUT2D eigenvalue weighted by molar-refractivity contribution is 14.1. The molecular formula is C29H31IN2O4. The van der Waals surface area contributed by atoms with Crippen molar-refractivity contribution in [2.24, 2.45) is 0 Å². The zero-order valence-corrected chi connectivity index (χ0v) is 22.4. The highest BCUT2D eigenvalue weighted by Crippen LogP contribution is 2.29. The van der Waals surface area contributed by atoms with Gasteiger partial charge >= 0.3 is 0 Å². The minimum Gasteiger partial charge on any atom is -0.394 e. The summed E-state index contributed by atoms with van der Waals surface area (Å²) in [5.74, 6) is 0.646. The molecule has 0 spiro atoms. The molecule has 2 N–H and O–H groups in total. The summed E-state index contributed by atoms with van der Waals surface area (Å²) in [6, 6.07) is 29.8. The number of nitrogens with one attached hydrogen (secondary N) is 1. The molecular weight excluding hydrogens is 567 g/mol. The third-order valence-electron chi connectivity index (χ3n) is 5.82. The van der Waals surface area contributed by atoms with Crippen molar-refractivity contribution in [2.75, 3.05) is 6.61 Å². The monoisotopic (exact) mass is 598 g/mol. The number of rotatable bonds is 13. The van der Waals surface area contributed by atoms with Crippen LogP contribution in [0.2, 0.25) is 0 Å². The molecule has 3 aromatic carbocycles. The van der Waals surface area contributed by atoms with Crippen LogP contribution >= 0.6 is 22.6 Å². The van der Waals surface area contributed by atoms with Crippen molar-refractivity contribution in [1.29, 1.82) is 0 Å². The molecule has 7 heteroatoms. The van der Waals surface area contributed by atoms with Crippen LogP contribution in [0, 0.1) is 10.6 Å². The van der Waals surface area contributed by atoms with Crippen LogP contribution in [0.1, 0.15) is 34.3 Å². The normalized spacial score (nSPS) is 13.9. The van der Waals surface area contributed by atoms with Gasteiger partial charge in [0.25, 0.3) is 0 Å². The molecule has 188 valence electrons. The van der Waals surface area contributed by atoms with Crippen LogP contribution in [0.15, 0.2) is 91.0 Å². The standard InChI is InChI=1S/C29H31IN2O4/c1-21-28(30)32-29(31-21)27(36-20-24-15-9-4-10-16-24)26(35-19-23-13-7-3-8-14-23)25(17-33)34-18-22-11-5-2-6-12-22/h2-16,25-27,33H,17-20H2,1H3,(H,31,32)/t25-,26-,27+/m0/s1. The number of imidazole rings is 1. The first kappa shape index (κ1) is 26.5. The van der Waals surface area contributed by atoms with Crippen molar-refractivity contribution < 1.29 is 19.3 Å². The lowest BCUT2D eigenvalue weighted by molar-refractivity contribution is -0.165. The zero-order chi connectivity index (χ0) is 25.2. The van der Waals surface area contributed by atoms with E-state index in [-0.39, 0.29) is 6.61 Å². The molecule has 0 fully saturated rings. The first-order valence-electron chi connectivity index (χ1n) is 11.9. The lowest BCUT2D eigenvalue weighted by Gasteiger charge is -2.32. The molecule has 6 nitrogen and oxygen atoms in total. The van der Waals surface area contributed by atoms with E-state index in [0.29, 0.717) is 25.6 Å². The van der Waals surface area contributed by atoms with Gasteiger partial charge in [-0.2, -0.15) is 0 Å². The van der Waals surface area contributed by atoms with Crippen molar-refractivity contribution >= 4 is 22.6 Å². The van der Waals surface area contributed by atoms with Crippen molar-refractivity contribution in [3.05, 3.63) is 123 Å². The number of benzene rings is 3. The number of ether oxygens (including phenoxy) is 3. The van der Waals surface area contributed by atoms with E-state index in [1.54, 1.807) is 0 Å². The number of aromatic amines is 1. The Morgan fingerprint density at radius 3 is 1.67 bits per heavy atom. The van der Waals surface area contributed by atoms with Gasteiger partial charge in [-0.25, -0.2) is 4.98 Å². The molecule has 0 unspecified atom stereocenters. The third-order valence-corrected chi connectivity index (χ3v) is 6.87. The number of halogens is 1. The molecule has 36 heavy (non-hydrogen) atoms. The maximum Gasteiger partial charge on any atom is 0.144 e. The van der Waals surface area contributed by atoms with Gasteiger partial charge in [0.15, 0.2) is 0 Å². The van der Waals surface area contributed by atoms with Gasteiger partial charge < -0.3 is 24.3 Å². The fourth-order valence-electron chi connectivity index (χ4n) is 3.87. The average Bonchev–Trinajstić information content (AvgIpc) is 3.26. The largest absolute Gasteiger partial charge is 0.394 e. The summed E-state index contributed by atoms with van der Waals surface area (Å²) in [6.07, 6.45) is -1.86. The van der Waals surface area contributed by atoms with Gasteiger partial charge in [0.05, 0.1) is 26.4 Å². The average molecular weight is 598 g/mol. The van der Waals surface area contributed by atoms with Crippen molar-refractivity contribution in [3.8, 4) is 0 Å². The molecule has 3 atom stereocenters. The number of aromatic nitrogens is 2. The second-order valence-electron chi connectivity index (χ2n) is 8.53. The number of hydrogen-bond donors (Lipinski definition) is 2. The molecule has 4 aromatic rings. The molecule has 0 radical (unpaired) electrons. The summed E-state index contributed by atoms with van der Waals surface area (Å²) in [7, 11) is 0. The summed E-state index contributed by atoms with van der Waals surface area (Å²) < 4.78 is 20.0. The summed E-state index contributed by atoms with van der Waals surface area (Å²) in [6.45, 7) is 2.80. The first-order chi connectivity index (χ1) is 17.6. The highest BCUT2D eigenvalue weighted by Gasteiger charge is 2.35. The van der Waals surface area contributed by atoms with E-state index in [4.69, 9.17) is 19.2 Å². The minimum absolute atomic E-state index is 0.228. The smallest absolute Gasteiger partial charge is 0.144 e. The molecule has 0 aliphatic rings. The van der Waals surface area contributed by atoms with Gasteiger partial charge in [0.2, 0.25) is 0 Å². The Kier molecular flexibility index (Phi) is 10.1. The molecule has 0 aliphatic heterocycles. The van der Waals surface area contributed by atoms with Gasteiger partial charge in [-0.3, -0.25) is 0 Å². The van der Waals surface area contributed by atoms with E-state index < -0.39 is 18.3 Å². The van der Waals surface area contributed by atoms with Crippen LogP contribution in [0.4, 0.5) is 0 Å². The van der Waals surface area contributed by atoms with Gasteiger partial charge in [-0.15, -0.1) is 0 Å².